The second-order valence-corrected chi connectivity index (χ2v) is 9.20. The first kappa shape index (κ1) is 16.9. The third kappa shape index (κ3) is 3.31. The Bertz CT molecular complexity index is 644. The van der Waals surface area contributed by atoms with Crippen LogP contribution in [0.2, 0.25) is 0 Å². The van der Waals surface area contributed by atoms with Crippen molar-refractivity contribution < 1.29 is 17.9 Å². The molecule has 0 radical (unpaired) electrons. The highest BCUT2D eigenvalue weighted by molar-refractivity contribution is 9.11. The number of methoxy groups -OCH3 is 1. The van der Waals surface area contributed by atoms with E-state index in [0.717, 1.165) is 11.3 Å². The molecule has 0 spiro atoms. The van der Waals surface area contributed by atoms with Crippen molar-refractivity contribution in [2.45, 2.75) is 30.8 Å². The van der Waals surface area contributed by atoms with Crippen molar-refractivity contribution >= 4 is 43.3 Å². The quantitative estimate of drug-likeness (QED) is 0.786. The Morgan fingerprint density at radius 1 is 1.52 bits per heavy atom. The molecule has 2 heterocycles. The molecule has 2 rings (SSSR count). The predicted molar refractivity (Wildman–Crippen MR) is 84.2 cm³/mol. The number of piperazine rings is 1. The number of hydrogen-bond donors (Lipinski definition) is 1. The maximum Gasteiger partial charge on any atom is 0.348 e. The van der Waals surface area contributed by atoms with Crippen LogP contribution in [0.5, 0.6) is 0 Å². The Hall–Kier alpha value is -0.480. The molecule has 0 saturated carbocycles. The van der Waals surface area contributed by atoms with Crippen molar-refractivity contribution in [3.8, 4) is 0 Å². The fourth-order valence-electron chi connectivity index (χ4n) is 2.18. The normalized spacial score (nSPS) is 24.0. The van der Waals surface area contributed by atoms with Crippen LogP contribution in [0.4, 0.5) is 0 Å². The van der Waals surface area contributed by atoms with Gasteiger partial charge in [0.2, 0.25) is 10.0 Å². The van der Waals surface area contributed by atoms with E-state index in [1.807, 2.05) is 13.8 Å². The van der Waals surface area contributed by atoms with E-state index in [1.54, 1.807) is 0 Å². The number of nitrogens with zero attached hydrogens (tertiary/aromatic N) is 1. The number of ether oxygens (including phenoxy) is 1. The van der Waals surface area contributed by atoms with Gasteiger partial charge in [-0.1, -0.05) is 0 Å². The van der Waals surface area contributed by atoms with E-state index in [4.69, 9.17) is 0 Å². The number of carbonyl (C=O) groups excluding carboxylic acids is 1. The number of hydrogen-bond acceptors (Lipinski definition) is 6. The Labute approximate surface area is 136 Å². The van der Waals surface area contributed by atoms with Gasteiger partial charge in [-0.2, -0.15) is 4.31 Å². The zero-order valence-electron chi connectivity index (χ0n) is 11.9. The highest BCUT2D eigenvalue weighted by Crippen LogP contribution is 2.34. The molecule has 118 valence electrons. The number of esters is 1. The molecule has 21 heavy (non-hydrogen) atoms. The minimum Gasteiger partial charge on any atom is -0.465 e. The molecule has 1 aliphatic heterocycles. The molecule has 0 aliphatic carbocycles. The number of carbonyl (C=O) groups is 1. The first-order valence-electron chi connectivity index (χ1n) is 6.40. The average Bonchev–Trinajstić information content (AvgIpc) is 2.83. The molecule has 1 aliphatic rings. The summed E-state index contributed by atoms with van der Waals surface area (Å²) in [6.45, 7) is 4.81. The number of halogens is 1. The zero-order chi connectivity index (χ0) is 15.8. The van der Waals surface area contributed by atoms with Gasteiger partial charge in [-0.25, -0.2) is 13.2 Å². The van der Waals surface area contributed by atoms with Crippen molar-refractivity contribution in [3.63, 3.8) is 0 Å². The predicted octanol–water partition coefficient (Wildman–Crippen LogP) is 1.67. The lowest BCUT2D eigenvalue weighted by Gasteiger charge is -2.36. The van der Waals surface area contributed by atoms with E-state index in [9.17, 15) is 13.2 Å². The molecule has 1 saturated heterocycles. The van der Waals surface area contributed by atoms with Gasteiger partial charge in [0.15, 0.2) is 0 Å². The maximum atomic E-state index is 12.8. The molecule has 1 aromatic heterocycles. The Morgan fingerprint density at radius 2 is 2.19 bits per heavy atom. The van der Waals surface area contributed by atoms with Crippen LogP contribution in [0.1, 0.15) is 23.5 Å². The molecule has 0 aromatic carbocycles. The second kappa shape index (κ2) is 6.33. The number of sulfonamides is 1. The van der Waals surface area contributed by atoms with Crippen LogP contribution in [-0.2, 0) is 14.8 Å². The van der Waals surface area contributed by atoms with Gasteiger partial charge in [0.1, 0.15) is 9.77 Å². The van der Waals surface area contributed by atoms with Gasteiger partial charge in [-0.15, -0.1) is 11.3 Å². The molecule has 6 nitrogen and oxygen atoms in total. The lowest BCUT2D eigenvalue weighted by Crippen LogP contribution is -2.56. The summed E-state index contributed by atoms with van der Waals surface area (Å²) in [5.74, 6) is -0.538. The third-order valence-corrected chi connectivity index (χ3v) is 7.55. The summed E-state index contributed by atoms with van der Waals surface area (Å²) in [6, 6.07) is 1.32. The summed E-state index contributed by atoms with van der Waals surface area (Å²) < 4.78 is 32.1. The Kier molecular flexibility index (Phi) is 5.09. The third-order valence-electron chi connectivity index (χ3n) is 3.34. The molecule has 9 heteroatoms. The fourth-order valence-corrected chi connectivity index (χ4v) is 6.33. The molecule has 2 unspecified atom stereocenters. The van der Waals surface area contributed by atoms with Gasteiger partial charge < -0.3 is 10.1 Å². The Balaban J connectivity index is 2.39. The minimum atomic E-state index is -3.65. The van der Waals surface area contributed by atoms with E-state index in [-0.39, 0.29) is 21.9 Å². The minimum absolute atomic E-state index is 0.0912. The smallest absolute Gasteiger partial charge is 0.348 e. The average molecular weight is 397 g/mol. The van der Waals surface area contributed by atoms with E-state index in [0.29, 0.717) is 16.9 Å². The summed E-state index contributed by atoms with van der Waals surface area (Å²) in [6.07, 6.45) is 0. The van der Waals surface area contributed by atoms with Crippen LogP contribution in [-0.4, -0.2) is 51.0 Å². The summed E-state index contributed by atoms with van der Waals surface area (Å²) in [7, 11) is -2.38. The lowest BCUT2D eigenvalue weighted by molar-refractivity contribution is 0.0606. The monoisotopic (exact) mass is 396 g/mol. The first-order valence-corrected chi connectivity index (χ1v) is 9.45. The van der Waals surface area contributed by atoms with Crippen LogP contribution in [0.3, 0.4) is 0 Å². The first-order chi connectivity index (χ1) is 9.77. The van der Waals surface area contributed by atoms with Gasteiger partial charge in [-0.05, 0) is 35.8 Å². The number of rotatable bonds is 3. The van der Waals surface area contributed by atoms with Crippen LogP contribution >= 0.6 is 27.3 Å². The van der Waals surface area contributed by atoms with Gasteiger partial charge in [0.25, 0.3) is 0 Å². The molecular weight excluding hydrogens is 380 g/mol. The summed E-state index contributed by atoms with van der Waals surface area (Å²) in [4.78, 5) is 11.9. The van der Waals surface area contributed by atoms with Crippen LogP contribution < -0.4 is 5.32 Å². The molecular formula is C12H17BrN2O4S2. The van der Waals surface area contributed by atoms with E-state index >= 15 is 0 Å². The fraction of sp³-hybridized carbons (Fsp3) is 0.583. The van der Waals surface area contributed by atoms with E-state index in [2.05, 4.69) is 26.0 Å². The zero-order valence-corrected chi connectivity index (χ0v) is 15.1. The van der Waals surface area contributed by atoms with Crippen molar-refractivity contribution in [2.24, 2.45) is 0 Å². The highest BCUT2D eigenvalue weighted by atomic mass is 79.9. The topological polar surface area (TPSA) is 75.7 Å². The number of nitrogens with one attached hydrogen (secondary N) is 1. The van der Waals surface area contributed by atoms with Crippen molar-refractivity contribution in [2.75, 3.05) is 20.2 Å². The lowest BCUT2D eigenvalue weighted by atomic mass is 10.2. The standard InChI is InChI=1S/C12H17BrN2O4S2/c1-7-6-15(8(2)5-14-7)21(17,18)10-4-9(12(16)19-3)20-11(10)13/h4,7-8,14H,5-6H2,1-3H3. The van der Waals surface area contributed by atoms with Crippen LogP contribution in [0.15, 0.2) is 14.7 Å². The second-order valence-electron chi connectivity index (χ2n) is 4.97. The van der Waals surface area contributed by atoms with Gasteiger partial charge >= 0.3 is 5.97 Å². The van der Waals surface area contributed by atoms with Crippen LogP contribution in [0.25, 0.3) is 0 Å². The van der Waals surface area contributed by atoms with E-state index < -0.39 is 16.0 Å². The maximum absolute atomic E-state index is 12.8. The summed E-state index contributed by atoms with van der Waals surface area (Å²) in [5.41, 5.74) is 0. The highest BCUT2D eigenvalue weighted by Gasteiger charge is 2.35. The SMILES string of the molecule is COC(=O)c1cc(S(=O)(=O)N2CC(C)NCC2C)c(Br)s1. The van der Waals surface area contributed by atoms with Crippen molar-refractivity contribution in [1.82, 2.24) is 9.62 Å². The summed E-state index contributed by atoms with van der Waals surface area (Å²) in [5, 5.41) is 3.24. The van der Waals surface area contributed by atoms with Gasteiger partial charge in [0.05, 0.1) is 10.9 Å². The van der Waals surface area contributed by atoms with Crippen molar-refractivity contribution in [3.05, 3.63) is 14.7 Å². The van der Waals surface area contributed by atoms with Gasteiger partial charge in [0, 0.05) is 25.2 Å². The molecule has 1 aromatic rings. The molecule has 1 N–H and O–H groups in total. The van der Waals surface area contributed by atoms with Crippen LogP contribution in [0, 0.1) is 0 Å². The van der Waals surface area contributed by atoms with E-state index in [1.165, 1.54) is 17.5 Å². The Morgan fingerprint density at radius 3 is 2.81 bits per heavy atom. The van der Waals surface area contributed by atoms with Crippen molar-refractivity contribution in [1.29, 1.82) is 0 Å². The molecule has 0 amide bonds. The van der Waals surface area contributed by atoms with Gasteiger partial charge in [-0.3, -0.25) is 0 Å². The summed E-state index contributed by atoms with van der Waals surface area (Å²) >= 11 is 4.30. The molecule has 0 bridgehead atoms. The molecule has 1 fully saturated rings. The molecule has 2 atom stereocenters. The number of thiophene rings is 1. The largest absolute Gasteiger partial charge is 0.465 e.